The number of piperidine rings is 1. The molecule has 1 N–H and O–H groups in total. The van der Waals surface area contributed by atoms with E-state index >= 15 is 0 Å². The van der Waals surface area contributed by atoms with Crippen LogP contribution in [0.25, 0.3) is 0 Å². The number of benzene rings is 1. The first-order valence-electron chi connectivity index (χ1n) is 7.45. The minimum atomic E-state index is 0.590. The summed E-state index contributed by atoms with van der Waals surface area (Å²) in [5.41, 5.74) is 1.38. The highest BCUT2D eigenvalue weighted by Crippen LogP contribution is 2.25. The van der Waals surface area contributed by atoms with Crippen LogP contribution < -0.4 is 5.32 Å². The number of nitrogens with zero attached hydrogens (tertiary/aromatic N) is 1. The highest BCUT2D eigenvalue weighted by atomic mass is 79.9. The Morgan fingerprint density at radius 1 is 1.20 bits per heavy atom. The van der Waals surface area contributed by atoms with E-state index in [0.717, 1.165) is 21.4 Å². The van der Waals surface area contributed by atoms with Crippen LogP contribution in [-0.4, -0.2) is 30.6 Å². The molecule has 0 aliphatic carbocycles. The van der Waals surface area contributed by atoms with Gasteiger partial charge < -0.3 is 5.32 Å². The van der Waals surface area contributed by atoms with Crippen LogP contribution in [0, 0.1) is 5.92 Å². The summed E-state index contributed by atoms with van der Waals surface area (Å²) in [7, 11) is 0. The molecule has 0 bridgehead atoms. The van der Waals surface area contributed by atoms with Crippen LogP contribution >= 0.6 is 31.9 Å². The largest absolute Gasteiger partial charge is 0.317 e. The van der Waals surface area contributed by atoms with Gasteiger partial charge in [0.05, 0.1) is 0 Å². The van der Waals surface area contributed by atoms with E-state index in [4.69, 9.17) is 0 Å². The van der Waals surface area contributed by atoms with E-state index in [2.05, 4.69) is 74.1 Å². The van der Waals surface area contributed by atoms with Crippen molar-refractivity contribution in [1.82, 2.24) is 10.2 Å². The normalized spacial score (nSPS) is 17.1. The SMILES string of the molecule is CC(C)N(Cc1ccc(Br)c(Br)c1)CC1CCNCC1. The Kier molecular flexibility index (Phi) is 6.53. The maximum atomic E-state index is 3.60. The second kappa shape index (κ2) is 7.92. The lowest BCUT2D eigenvalue weighted by Gasteiger charge is -2.32. The number of hydrogen-bond acceptors (Lipinski definition) is 2. The molecule has 0 radical (unpaired) electrons. The van der Waals surface area contributed by atoms with Gasteiger partial charge in [-0.15, -0.1) is 0 Å². The molecule has 1 aliphatic rings. The van der Waals surface area contributed by atoms with Crippen molar-refractivity contribution in [2.24, 2.45) is 5.92 Å². The zero-order valence-corrected chi connectivity index (χ0v) is 15.5. The second-order valence-corrected chi connectivity index (χ2v) is 7.67. The zero-order valence-electron chi connectivity index (χ0n) is 12.3. The van der Waals surface area contributed by atoms with E-state index in [1.54, 1.807) is 0 Å². The van der Waals surface area contributed by atoms with Gasteiger partial charge in [-0.1, -0.05) is 6.07 Å². The Labute approximate surface area is 139 Å². The van der Waals surface area contributed by atoms with Gasteiger partial charge in [0.2, 0.25) is 0 Å². The zero-order chi connectivity index (χ0) is 14.5. The fraction of sp³-hybridized carbons (Fsp3) is 0.625. The third kappa shape index (κ3) is 4.83. The fourth-order valence-corrected chi connectivity index (χ4v) is 3.40. The predicted octanol–water partition coefficient (Wildman–Crippen LogP) is 4.42. The molecule has 4 heteroatoms. The van der Waals surface area contributed by atoms with Crippen LogP contribution in [0.5, 0.6) is 0 Å². The fourth-order valence-electron chi connectivity index (χ4n) is 2.73. The molecule has 1 saturated heterocycles. The van der Waals surface area contributed by atoms with E-state index in [9.17, 15) is 0 Å². The standard InChI is InChI=1S/C16H24Br2N2/c1-12(2)20(10-13-5-7-19-8-6-13)11-14-3-4-15(17)16(18)9-14/h3-4,9,12-13,19H,5-8,10-11H2,1-2H3. The molecular weight excluding hydrogens is 380 g/mol. The van der Waals surface area contributed by atoms with Crippen molar-refractivity contribution in [2.45, 2.75) is 39.3 Å². The number of hydrogen-bond donors (Lipinski definition) is 1. The Morgan fingerprint density at radius 3 is 2.50 bits per heavy atom. The molecule has 1 aliphatic heterocycles. The molecule has 1 aromatic rings. The van der Waals surface area contributed by atoms with Crippen LogP contribution in [0.2, 0.25) is 0 Å². The highest BCUT2D eigenvalue weighted by Gasteiger charge is 2.19. The van der Waals surface area contributed by atoms with E-state index in [0.29, 0.717) is 6.04 Å². The van der Waals surface area contributed by atoms with Crippen LogP contribution in [0.4, 0.5) is 0 Å². The molecule has 0 spiro atoms. The van der Waals surface area contributed by atoms with E-state index < -0.39 is 0 Å². The summed E-state index contributed by atoms with van der Waals surface area (Å²) in [5, 5.41) is 3.45. The molecule has 0 aromatic heterocycles. The van der Waals surface area contributed by atoms with E-state index in [-0.39, 0.29) is 0 Å². The highest BCUT2D eigenvalue weighted by molar-refractivity contribution is 9.13. The van der Waals surface area contributed by atoms with E-state index in [1.165, 1.54) is 38.0 Å². The van der Waals surface area contributed by atoms with Crippen molar-refractivity contribution in [1.29, 1.82) is 0 Å². The summed E-state index contributed by atoms with van der Waals surface area (Å²) in [6.45, 7) is 9.21. The Bertz CT molecular complexity index is 428. The molecule has 2 rings (SSSR count). The first-order valence-corrected chi connectivity index (χ1v) is 9.03. The maximum absolute atomic E-state index is 3.60. The first kappa shape index (κ1) is 16.5. The smallest absolute Gasteiger partial charge is 0.0320 e. The molecule has 1 heterocycles. The van der Waals surface area contributed by atoms with Gasteiger partial charge in [0, 0.05) is 28.1 Å². The number of rotatable bonds is 5. The van der Waals surface area contributed by atoms with Gasteiger partial charge in [-0.25, -0.2) is 0 Å². The molecule has 0 unspecified atom stereocenters. The van der Waals surface area contributed by atoms with Crippen LogP contribution in [0.15, 0.2) is 27.1 Å². The molecule has 20 heavy (non-hydrogen) atoms. The summed E-state index contributed by atoms with van der Waals surface area (Å²) in [6, 6.07) is 7.16. The molecule has 112 valence electrons. The van der Waals surface area contributed by atoms with E-state index in [1.807, 2.05) is 0 Å². The third-order valence-electron chi connectivity index (χ3n) is 4.05. The lowest BCUT2D eigenvalue weighted by molar-refractivity contribution is 0.162. The van der Waals surface area contributed by atoms with Gasteiger partial charge >= 0.3 is 0 Å². The van der Waals surface area contributed by atoms with Crippen LogP contribution in [0.3, 0.4) is 0 Å². The molecule has 2 nitrogen and oxygen atoms in total. The van der Waals surface area contributed by atoms with Crippen molar-refractivity contribution < 1.29 is 0 Å². The Morgan fingerprint density at radius 2 is 1.90 bits per heavy atom. The Balaban J connectivity index is 1.99. The summed E-state index contributed by atoms with van der Waals surface area (Å²) >= 11 is 7.13. The number of nitrogens with one attached hydrogen (secondary N) is 1. The number of halogens is 2. The third-order valence-corrected chi connectivity index (χ3v) is 5.93. The van der Waals surface area contributed by atoms with Gasteiger partial charge in [-0.05, 0) is 95.3 Å². The summed E-state index contributed by atoms with van der Waals surface area (Å²) in [4.78, 5) is 2.60. The maximum Gasteiger partial charge on any atom is 0.0320 e. The molecule has 0 saturated carbocycles. The van der Waals surface area contributed by atoms with Crippen molar-refractivity contribution >= 4 is 31.9 Å². The van der Waals surface area contributed by atoms with Crippen molar-refractivity contribution in [3.63, 3.8) is 0 Å². The molecule has 1 fully saturated rings. The molecular formula is C16H24Br2N2. The first-order chi connectivity index (χ1) is 9.56. The average molecular weight is 404 g/mol. The Hall–Kier alpha value is 0.1000. The van der Waals surface area contributed by atoms with Gasteiger partial charge in [-0.2, -0.15) is 0 Å². The monoisotopic (exact) mass is 402 g/mol. The summed E-state index contributed by atoms with van der Waals surface area (Å²) in [5.74, 6) is 0.845. The van der Waals surface area contributed by atoms with Crippen LogP contribution in [-0.2, 0) is 6.54 Å². The van der Waals surface area contributed by atoms with Crippen molar-refractivity contribution in [3.05, 3.63) is 32.7 Å². The topological polar surface area (TPSA) is 15.3 Å². The second-order valence-electron chi connectivity index (χ2n) is 5.97. The summed E-state index contributed by atoms with van der Waals surface area (Å²) < 4.78 is 2.26. The van der Waals surface area contributed by atoms with Gasteiger partial charge in [0.25, 0.3) is 0 Å². The van der Waals surface area contributed by atoms with Gasteiger partial charge in [0.1, 0.15) is 0 Å². The molecule has 0 atom stereocenters. The lowest BCUT2D eigenvalue weighted by Crippen LogP contribution is -2.39. The summed E-state index contributed by atoms with van der Waals surface area (Å²) in [6.07, 6.45) is 2.63. The van der Waals surface area contributed by atoms with Gasteiger partial charge in [0.15, 0.2) is 0 Å². The molecule has 1 aromatic carbocycles. The minimum absolute atomic E-state index is 0.590. The van der Waals surface area contributed by atoms with Crippen molar-refractivity contribution in [2.75, 3.05) is 19.6 Å². The van der Waals surface area contributed by atoms with Crippen molar-refractivity contribution in [3.8, 4) is 0 Å². The quantitative estimate of drug-likeness (QED) is 0.782. The average Bonchev–Trinajstić information content (AvgIpc) is 2.43. The van der Waals surface area contributed by atoms with Gasteiger partial charge in [-0.3, -0.25) is 4.90 Å². The minimum Gasteiger partial charge on any atom is -0.317 e. The lowest BCUT2D eigenvalue weighted by atomic mass is 9.97. The van der Waals surface area contributed by atoms with Crippen LogP contribution in [0.1, 0.15) is 32.3 Å². The molecule has 0 amide bonds. The predicted molar refractivity (Wildman–Crippen MR) is 93.0 cm³/mol.